The fraction of sp³-hybridized carbons (Fsp3) is 0.944. The summed E-state index contributed by atoms with van der Waals surface area (Å²) in [4.78, 5) is 8.33. The van der Waals surface area contributed by atoms with Crippen LogP contribution < -0.4 is 113 Å². The Balaban J connectivity index is -0.000000513. The molecular weight excluding hydrogens is 566 g/mol. The first-order chi connectivity index (χ1) is 13.6. The van der Waals surface area contributed by atoms with Crippen LogP contribution in [0.15, 0.2) is 0 Å². The van der Waals surface area contributed by atoms with Crippen molar-refractivity contribution in [3.8, 4) is 0 Å². The molecule has 0 bridgehead atoms. The molecule has 0 aromatic carbocycles. The Hall–Kier alpha value is 3.09. The molecule has 30 heavy (non-hydrogen) atoms. The smallest absolute Gasteiger partial charge is 0.652 e. The maximum absolute atomic E-state index is 8.33. The molecule has 0 aromatic rings. The van der Waals surface area contributed by atoms with E-state index in [0.29, 0.717) is 66.1 Å². The van der Waals surface area contributed by atoms with Crippen molar-refractivity contribution in [2.45, 2.75) is 28.7 Å². The normalized spacial score (nSPS) is 9.80. The van der Waals surface area contributed by atoms with Crippen molar-refractivity contribution in [1.82, 2.24) is 0 Å². The van der Waals surface area contributed by atoms with Crippen LogP contribution in [0.2, 0.25) is 8.94 Å². The molecule has 0 unspecified atom stereocenters. The van der Waals surface area contributed by atoms with Crippen LogP contribution in [0.25, 0.3) is 0 Å². The molecular formula is C18H36K2O9Te. The van der Waals surface area contributed by atoms with E-state index in [9.17, 15) is 0 Å². The summed E-state index contributed by atoms with van der Waals surface area (Å²) in [6.07, 6.45) is 0.371. The Morgan fingerprint density at radius 3 is 1.33 bits per heavy atom. The number of hydrogen-bond acceptors (Lipinski definition) is 9. The maximum atomic E-state index is 8.33. The molecule has 0 rings (SSSR count). The Kier molecular flexibility index (Phi) is 52.8. The fourth-order valence-corrected chi connectivity index (χ4v) is 4.25. The summed E-state index contributed by atoms with van der Waals surface area (Å²) in [5, 5.41) is 16.7. The first-order valence-corrected chi connectivity index (χ1v) is 12.8. The Morgan fingerprint density at radius 1 is 0.667 bits per heavy atom. The molecule has 0 aliphatic rings. The summed E-state index contributed by atoms with van der Waals surface area (Å²) < 4.78 is 34.7. The molecule has 0 heterocycles. The number of carboxylic acid groups (broad SMARTS) is 2. The van der Waals surface area contributed by atoms with E-state index in [0.717, 1.165) is 6.61 Å². The monoisotopic (exact) mass is 604 g/mol. The van der Waals surface area contributed by atoms with Crippen molar-refractivity contribution in [2.75, 3.05) is 79.8 Å². The number of rotatable bonds is 21. The molecule has 170 valence electrons. The van der Waals surface area contributed by atoms with Gasteiger partial charge in [-0.05, 0) is 6.16 Å². The van der Waals surface area contributed by atoms with Gasteiger partial charge in [0.1, 0.15) is 0 Å². The fourth-order valence-electron chi connectivity index (χ4n) is 1.59. The SMILES string of the molecule is CCCC[Te]CCOCCOCCOCCOCCOCCOC.O=C([O-])[O-].[K+].[K+]. The van der Waals surface area contributed by atoms with Crippen LogP contribution in [-0.4, -0.2) is 107 Å². The van der Waals surface area contributed by atoms with Crippen LogP contribution in [0.4, 0.5) is 4.79 Å². The quantitative estimate of drug-likeness (QED) is 0.0935. The third-order valence-corrected chi connectivity index (χ3v) is 5.88. The second-order valence-electron chi connectivity index (χ2n) is 5.27. The number of ether oxygens (including phenoxy) is 6. The van der Waals surface area contributed by atoms with E-state index in [2.05, 4.69) is 6.92 Å². The number of hydrogen-bond donors (Lipinski definition) is 0. The summed E-state index contributed by atoms with van der Waals surface area (Å²) in [6, 6.07) is 0. The van der Waals surface area contributed by atoms with E-state index in [4.69, 9.17) is 43.4 Å². The van der Waals surface area contributed by atoms with Crippen molar-refractivity contribution in [1.29, 1.82) is 0 Å². The van der Waals surface area contributed by atoms with Crippen molar-refractivity contribution >= 4 is 27.1 Å². The van der Waals surface area contributed by atoms with Crippen LogP contribution in [0.1, 0.15) is 19.8 Å². The van der Waals surface area contributed by atoms with E-state index in [-0.39, 0.29) is 124 Å². The van der Waals surface area contributed by atoms with Gasteiger partial charge >= 0.3 is 218 Å². The van der Waals surface area contributed by atoms with E-state index in [1.807, 2.05) is 0 Å². The van der Waals surface area contributed by atoms with Gasteiger partial charge in [0.2, 0.25) is 0 Å². The molecule has 0 amide bonds. The Labute approximate surface area is 276 Å². The minimum absolute atomic E-state index is 0. The molecule has 0 atom stereocenters. The van der Waals surface area contributed by atoms with Gasteiger partial charge in [-0.25, -0.2) is 0 Å². The minimum atomic E-state index is -2.33. The van der Waals surface area contributed by atoms with Crippen LogP contribution in [0.5, 0.6) is 0 Å². The van der Waals surface area contributed by atoms with E-state index >= 15 is 0 Å². The zero-order valence-electron chi connectivity index (χ0n) is 19.2. The first-order valence-electron chi connectivity index (χ1n) is 9.48. The van der Waals surface area contributed by atoms with Gasteiger partial charge in [-0.3, -0.25) is 0 Å². The molecule has 0 radical (unpaired) electrons. The summed E-state index contributed by atoms with van der Waals surface area (Å²) in [5.74, 6) is 0. The van der Waals surface area contributed by atoms with Crippen molar-refractivity contribution in [3.63, 3.8) is 0 Å². The van der Waals surface area contributed by atoms with Gasteiger partial charge in [-0.15, -0.1) is 0 Å². The molecule has 0 fully saturated rings. The third-order valence-electron chi connectivity index (χ3n) is 2.93. The molecule has 0 aliphatic heterocycles. The zero-order chi connectivity index (χ0) is 21.1. The molecule has 0 saturated carbocycles. The van der Waals surface area contributed by atoms with Crippen molar-refractivity contribution in [3.05, 3.63) is 0 Å². The molecule has 0 saturated heterocycles. The first kappa shape index (κ1) is 40.3. The minimum Gasteiger partial charge on any atom is -0.652 e. The van der Waals surface area contributed by atoms with E-state index < -0.39 is 6.16 Å². The summed E-state index contributed by atoms with van der Waals surface area (Å²) in [5.41, 5.74) is 0. The topological polar surface area (TPSA) is 119 Å². The number of methoxy groups -OCH3 is 1. The predicted molar refractivity (Wildman–Crippen MR) is 102 cm³/mol. The summed E-state index contributed by atoms with van der Waals surface area (Å²) in [6.45, 7) is 9.25. The van der Waals surface area contributed by atoms with E-state index in [1.54, 1.807) is 7.11 Å². The standard InChI is InChI=1S/C17H36O6Te.CH2O3.2K/c1-3-4-16-24-17-15-23-14-13-22-12-11-21-10-9-20-8-7-19-6-5-18-2;2-1(3)4;;/h3-17H2,1-2H3;(H2,2,3,4);;/q;;2*+1/p-2. The average molecular weight is 602 g/mol. The van der Waals surface area contributed by atoms with Gasteiger partial charge < -0.3 is 24.5 Å². The number of carbonyl (C=O) groups excluding carboxylic acids is 1. The van der Waals surface area contributed by atoms with Gasteiger partial charge in [0, 0.05) is 7.11 Å². The Bertz CT molecular complexity index is 281. The number of carbonyl (C=O) groups is 1. The van der Waals surface area contributed by atoms with Crippen LogP contribution in [0.3, 0.4) is 0 Å². The Morgan fingerprint density at radius 2 is 1.00 bits per heavy atom. The number of unbranched alkanes of at least 4 members (excludes halogenated alkanes) is 1. The molecule has 9 nitrogen and oxygen atoms in total. The van der Waals surface area contributed by atoms with Crippen LogP contribution >= 0.6 is 0 Å². The van der Waals surface area contributed by atoms with Gasteiger partial charge in [0.25, 0.3) is 0 Å². The third kappa shape index (κ3) is 48.5. The molecule has 0 N–H and O–H groups in total. The van der Waals surface area contributed by atoms with Gasteiger partial charge in [0.15, 0.2) is 0 Å². The summed E-state index contributed by atoms with van der Waals surface area (Å²) >= 11 is 0.197. The van der Waals surface area contributed by atoms with Crippen molar-refractivity contribution in [2.24, 2.45) is 0 Å². The van der Waals surface area contributed by atoms with Crippen LogP contribution in [-0.2, 0) is 28.4 Å². The van der Waals surface area contributed by atoms with Gasteiger partial charge in [-0.2, -0.15) is 0 Å². The summed E-state index contributed by atoms with van der Waals surface area (Å²) in [7, 11) is 1.66. The molecule has 0 aromatic heterocycles. The van der Waals surface area contributed by atoms with Gasteiger partial charge in [-0.1, -0.05) is 0 Å². The second-order valence-corrected chi connectivity index (χ2v) is 8.77. The second kappa shape index (κ2) is 39.3. The average Bonchev–Trinajstić information content (AvgIpc) is 2.66. The zero-order valence-corrected chi connectivity index (χ0v) is 27.8. The molecule has 12 heteroatoms. The molecule has 0 aliphatic carbocycles. The predicted octanol–water partition coefficient (Wildman–Crippen LogP) is -6.38. The van der Waals surface area contributed by atoms with Crippen LogP contribution in [0, 0.1) is 0 Å². The molecule has 0 spiro atoms. The van der Waals surface area contributed by atoms with E-state index in [1.165, 1.54) is 21.8 Å². The van der Waals surface area contributed by atoms with Gasteiger partial charge in [0.05, 0.1) is 26.4 Å². The van der Waals surface area contributed by atoms with Crippen molar-refractivity contribution < 1.29 is 146 Å².